The average molecular weight is 342 g/mol. The SMILES string of the molecule is COc1cccc(C(=O)N[C@@H](CO)C(=O)N(C)Cc2ccccc2)c1. The normalized spacial score (nSPS) is 11.5. The summed E-state index contributed by atoms with van der Waals surface area (Å²) in [7, 11) is 3.14. The monoisotopic (exact) mass is 342 g/mol. The van der Waals surface area contributed by atoms with Crippen molar-refractivity contribution >= 4 is 11.8 Å². The number of aliphatic hydroxyl groups excluding tert-OH is 1. The van der Waals surface area contributed by atoms with Crippen molar-refractivity contribution in [3.8, 4) is 5.75 Å². The Labute approximate surface area is 147 Å². The molecular formula is C19H22N2O4. The van der Waals surface area contributed by atoms with Crippen molar-refractivity contribution in [3.05, 3.63) is 65.7 Å². The van der Waals surface area contributed by atoms with Gasteiger partial charge in [-0.15, -0.1) is 0 Å². The lowest BCUT2D eigenvalue weighted by Gasteiger charge is -2.23. The highest BCUT2D eigenvalue weighted by Gasteiger charge is 2.24. The van der Waals surface area contributed by atoms with Crippen LogP contribution in [-0.2, 0) is 11.3 Å². The largest absolute Gasteiger partial charge is 0.497 e. The van der Waals surface area contributed by atoms with E-state index in [0.717, 1.165) is 5.56 Å². The van der Waals surface area contributed by atoms with Gasteiger partial charge in [0.15, 0.2) is 0 Å². The van der Waals surface area contributed by atoms with Crippen LogP contribution in [0.1, 0.15) is 15.9 Å². The zero-order chi connectivity index (χ0) is 18.2. The molecule has 0 saturated heterocycles. The molecule has 0 aromatic heterocycles. The molecule has 0 aliphatic heterocycles. The molecule has 2 aromatic carbocycles. The first kappa shape index (κ1) is 18.5. The predicted molar refractivity (Wildman–Crippen MR) is 94.3 cm³/mol. The molecule has 25 heavy (non-hydrogen) atoms. The number of carbonyl (C=O) groups is 2. The maximum Gasteiger partial charge on any atom is 0.252 e. The van der Waals surface area contributed by atoms with Crippen molar-refractivity contribution in [3.63, 3.8) is 0 Å². The summed E-state index contributed by atoms with van der Waals surface area (Å²) in [5.41, 5.74) is 1.32. The zero-order valence-corrected chi connectivity index (χ0v) is 14.3. The van der Waals surface area contributed by atoms with Crippen molar-refractivity contribution in [2.24, 2.45) is 0 Å². The highest BCUT2D eigenvalue weighted by atomic mass is 16.5. The van der Waals surface area contributed by atoms with E-state index in [1.165, 1.54) is 12.0 Å². The number of methoxy groups -OCH3 is 1. The van der Waals surface area contributed by atoms with Gasteiger partial charge in [-0.25, -0.2) is 0 Å². The van der Waals surface area contributed by atoms with Crippen LogP contribution in [-0.4, -0.2) is 48.6 Å². The van der Waals surface area contributed by atoms with E-state index in [4.69, 9.17) is 4.74 Å². The minimum Gasteiger partial charge on any atom is -0.497 e. The Morgan fingerprint density at radius 3 is 2.52 bits per heavy atom. The number of benzene rings is 2. The third-order valence-electron chi connectivity index (χ3n) is 3.76. The van der Waals surface area contributed by atoms with Crippen LogP contribution in [0.3, 0.4) is 0 Å². The number of hydrogen-bond acceptors (Lipinski definition) is 4. The lowest BCUT2D eigenvalue weighted by atomic mass is 10.1. The Bertz CT molecular complexity index is 718. The maximum absolute atomic E-state index is 12.5. The molecule has 2 rings (SSSR count). The number of aliphatic hydroxyl groups is 1. The van der Waals surface area contributed by atoms with Gasteiger partial charge in [-0.1, -0.05) is 36.4 Å². The van der Waals surface area contributed by atoms with Gasteiger partial charge in [0.1, 0.15) is 11.8 Å². The van der Waals surface area contributed by atoms with Crippen LogP contribution in [0.2, 0.25) is 0 Å². The second-order valence-corrected chi connectivity index (χ2v) is 5.62. The number of nitrogens with zero attached hydrogens (tertiary/aromatic N) is 1. The van der Waals surface area contributed by atoms with Crippen molar-refractivity contribution in [2.45, 2.75) is 12.6 Å². The quantitative estimate of drug-likeness (QED) is 0.798. The predicted octanol–water partition coefficient (Wildman–Crippen LogP) is 1.44. The van der Waals surface area contributed by atoms with Crippen LogP contribution in [0.15, 0.2) is 54.6 Å². The van der Waals surface area contributed by atoms with Gasteiger partial charge in [0.25, 0.3) is 5.91 Å². The second-order valence-electron chi connectivity index (χ2n) is 5.62. The molecule has 0 spiro atoms. The van der Waals surface area contributed by atoms with Gasteiger partial charge in [-0.2, -0.15) is 0 Å². The third kappa shape index (κ3) is 5.06. The van der Waals surface area contributed by atoms with Gasteiger partial charge >= 0.3 is 0 Å². The molecule has 0 heterocycles. The Morgan fingerprint density at radius 1 is 1.16 bits per heavy atom. The molecule has 6 heteroatoms. The summed E-state index contributed by atoms with van der Waals surface area (Å²) in [6.45, 7) is -0.0844. The third-order valence-corrected chi connectivity index (χ3v) is 3.76. The second kappa shape index (κ2) is 8.84. The first-order chi connectivity index (χ1) is 12.0. The number of carbonyl (C=O) groups excluding carboxylic acids is 2. The standard InChI is InChI=1S/C19H22N2O4/c1-21(12-14-7-4-3-5-8-14)19(24)17(13-22)20-18(23)15-9-6-10-16(11-15)25-2/h3-11,17,22H,12-13H2,1-2H3,(H,20,23)/t17-/m0/s1. The van der Waals surface area contributed by atoms with E-state index in [-0.39, 0.29) is 5.91 Å². The highest BCUT2D eigenvalue weighted by molar-refractivity contribution is 5.97. The molecule has 0 saturated carbocycles. The van der Waals surface area contributed by atoms with E-state index >= 15 is 0 Å². The van der Waals surface area contributed by atoms with E-state index in [0.29, 0.717) is 17.9 Å². The van der Waals surface area contributed by atoms with Crippen molar-refractivity contribution in [1.29, 1.82) is 0 Å². The first-order valence-electron chi connectivity index (χ1n) is 7.90. The Kier molecular flexibility index (Phi) is 6.54. The molecule has 132 valence electrons. The molecule has 2 N–H and O–H groups in total. The summed E-state index contributed by atoms with van der Waals surface area (Å²) >= 11 is 0. The minimum atomic E-state index is -1.01. The number of rotatable bonds is 7. The van der Waals surface area contributed by atoms with E-state index in [1.54, 1.807) is 31.3 Å². The van der Waals surface area contributed by atoms with Gasteiger partial charge < -0.3 is 20.1 Å². The van der Waals surface area contributed by atoms with Gasteiger partial charge in [0.05, 0.1) is 13.7 Å². The number of ether oxygens (including phenoxy) is 1. The summed E-state index contributed by atoms with van der Waals surface area (Å²) in [6.07, 6.45) is 0. The zero-order valence-electron chi connectivity index (χ0n) is 14.3. The number of hydrogen-bond donors (Lipinski definition) is 2. The molecule has 0 unspecified atom stereocenters. The van der Waals surface area contributed by atoms with Crippen LogP contribution in [0.4, 0.5) is 0 Å². The number of likely N-dealkylation sites (N-methyl/N-ethyl adjacent to an activating group) is 1. The lowest BCUT2D eigenvalue weighted by molar-refractivity contribution is -0.133. The smallest absolute Gasteiger partial charge is 0.252 e. The van der Waals surface area contributed by atoms with Crippen LogP contribution < -0.4 is 10.1 Å². The van der Waals surface area contributed by atoms with E-state index in [9.17, 15) is 14.7 Å². The Morgan fingerprint density at radius 2 is 1.88 bits per heavy atom. The van der Waals surface area contributed by atoms with Crippen molar-refractivity contribution in [1.82, 2.24) is 10.2 Å². The first-order valence-corrected chi connectivity index (χ1v) is 7.90. The number of nitrogens with one attached hydrogen (secondary N) is 1. The molecule has 6 nitrogen and oxygen atoms in total. The molecule has 0 radical (unpaired) electrons. The summed E-state index contributed by atoms with van der Waals surface area (Å²) < 4.78 is 5.08. The lowest BCUT2D eigenvalue weighted by Crippen LogP contribution is -2.49. The van der Waals surface area contributed by atoms with Gasteiger partial charge in [-0.05, 0) is 23.8 Å². The topological polar surface area (TPSA) is 78.9 Å². The van der Waals surface area contributed by atoms with Crippen molar-refractivity contribution in [2.75, 3.05) is 20.8 Å². The summed E-state index contributed by atoms with van der Waals surface area (Å²) in [6, 6.07) is 15.1. The summed E-state index contributed by atoms with van der Waals surface area (Å²) in [5.74, 6) is -0.261. The molecular weight excluding hydrogens is 320 g/mol. The molecule has 2 aromatic rings. The fraction of sp³-hybridized carbons (Fsp3) is 0.263. The van der Waals surface area contributed by atoms with Gasteiger partial charge in [0, 0.05) is 19.2 Å². The van der Waals surface area contributed by atoms with Crippen molar-refractivity contribution < 1.29 is 19.4 Å². The van der Waals surface area contributed by atoms with E-state index in [2.05, 4.69) is 5.32 Å². The molecule has 1 atom stereocenters. The van der Waals surface area contributed by atoms with Gasteiger partial charge in [0.2, 0.25) is 5.91 Å². The van der Waals surface area contributed by atoms with Gasteiger partial charge in [-0.3, -0.25) is 9.59 Å². The van der Waals surface area contributed by atoms with E-state index < -0.39 is 18.6 Å². The summed E-state index contributed by atoms with van der Waals surface area (Å²) in [5, 5.41) is 12.1. The average Bonchev–Trinajstić information content (AvgIpc) is 2.66. The molecule has 2 amide bonds. The molecule has 0 fully saturated rings. The summed E-state index contributed by atoms with van der Waals surface area (Å²) in [4.78, 5) is 26.3. The van der Waals surface area contributed by atoms with Crippen LogP contribution >= 0.6 is 0 Å². The Balaban J connectivity index is 2.02. The van der Waals surface area contributed by atoms with Crippen LogP contribution in [0, 0.1) is 0 Å². The minimum absolute atomic E-state index is 0.358. The fourth-order valence-electron chi connectivity index (χ4n) is 2.39. The molecule has 0 aliphatic rings. The van der Waals surface area contributed by atoms with Crippen LogP contribution in [0.25, 0.3) is 0 Å². The molecule has 0 aliphatic carbocycles. The van der Waals surface area contributed by atoms with Crippen LogP contribution in [0.5, 0.6) is 5.75 Å². The highest BCUT2D eigenvalue weighted by Crippen LogP contribution is 2.12. The number of amides is 2. The Hall–Kier alpha value is -2.86. The molecule has 0 bridgehead atoms. The fourth-order valence-corrected chi connectivity index (χ4v) is 2.39. The maximum atomic E-state index is 12.5. The van der Waals surface area contributed by atoms with E-state index in [1.807, 2.05) is 30.3 Å².